The van der Waals surface area contributed by atoms with E-state index in [1.165, 1.54) is 0 Å². The molecule has 3 heterocycles. The van der Waals surface area contributed by atoms with E-state index in [0.717, 1.165) is 5.56 Å². The molecule has 0 saturated heterocycles. The lowest BCUT2D eigenvalue weighted by Gasteiger charge is -1.96. The lowest BCUT2D eigenvalue weighted by atomic mass is 10.3. The molecule has 0 radical (unpaired) electrons. The number of nitrogens with zero attached hydrogens (tertiary/aromatic N) is 4. The number of halogens is 1. The van der Waals surface area contributed by atoms with Crippen molar-refractivity contribution in [1.29, 1.82) is 0 Å². The number of hydrogen-bond acceptors (Lipinski definition) is 4. The van der Waals surface area contributed by atoms with Gasteiger partial charge in [-0.1, -0.05) is 11.6 Å². The minimum Gasteiger partial charge on any atom is -0.461 e. The molecule has 16 heavy (non-hydrogen) atoms. The van der Waals surface area contributed by atoms with Crippen LogP contribution in [0.5, 0.6) is 0 Å². The summed E-state index contributed by atoms with van der Waals surface area (Å²) in [6.07, 6.45) is 1.61. The molecule has 0 amide bonds. The molecule has 80 valence electrons. The van der Waals surface area contributed by atoms with Crippen LogP contribution in [-0.2, 0) is 0 Å². The van der Waals surface area contributed by atoms with E-state index in [2.05, 4.69) is 15.3 Å². The highest BCUT2D eigenvalue weighted by molar-refractivity contribution is 6.29. The van der Waals surface area contributed by atoms with Crippen LogP contribution in [0.3, 0.4) is 0 Å². The second-order valence-electron chi connectivity index (χ2n) is 3.38. The Hall–Kier alpha value is -1.88. The van der Waals surface area contributed by atoms with Crippen LogP contribution in [0.2, 0.25) is 5.15 Å². The third-order valence-electron chi connectivity index (χ3n) is 2.30. The van der Waals surface area contributed by atoms with Crippen LogP contribution in [0, 0.1) is 6.92 Å². The summed E-state index contributed by atoms with van der Waals surface area (Å²) in [5.74, 6) is 1.21. The molecule has 0 saturated carbocycles. The fourth-order valence-electron chi connectivity index (χ4n) is 1.51. The topological polar surface area (TPSA) is 56.2 Å². The summed E-state index contributed by atoms with van der Waals surface area (Å²) >= 11 is 5.83. The molecule has 0 aliphatic rings. The van der Waals surface area contributed by atoms with Gasteiger partial charge in [0.05, 0.1) is 6.26 Å². The van der Waals surface area contributed by atoms with Crippen molar-refractivity contribution in [3.63, 3.8) is 0 Å². The lowest BCUT2D eigenvalue weighted by Crippen LogP contribution is -1.94. The second-order valence-corrected chi connectivity index (χ2v) is 3.77. The fourth-order valence-corrected chi connectivity index (χ4v) is 1.65. The zero-order valence-corrected chi connectivity index (χ0v) is 9.14. The SMILES string of the molecule is Cc1ccoc1-c1nnc2ccc(Cl)nn12. The van der Waals surface area contributed by atoms with E-state index in [0.29, 0.717) is 22.4 Å². The molecule has 3 aromatic heterocycles. The first-order valence-corrected chi connectivity index (χ1v) is 5.06. The Kier molecular flexibility index (Phi) is 1.94. The van der Waals surface area contributed by atoms with Gasteiger partial charge in [-0.05, 0) is 30.7 Å². The maximum absolute atomic E-state index is 5.83. The highest BCUT2D eigenvalue weighted by atomic mass is 35.5. The van der Waals surface area contributed by atoms with Gasteiger partial charge < -0.3 is 4.42 Å². The minimum absolute atomic E-state index is 0.387. The van der Waals surface area contributed by atoms with Gasteiger partial charge in [-0.3, -0.25) is 0 Å². The van der Waals surface area contributed by atoms with Crippen molar-refractivity contribution >= 4 is 17.2 Å². The van der Waals surface area contributed by atoms with Gasteiger partial charge in [0.15, 0.2) is 11.4 Å². The first-order chi connectivity index (χ1) is 7.75. The summed E-state index contributed by atoms with van der Waals surface area (Å²) in [5, 5.41) is 12.5. The van der Waals surface area contributed by atoms with Crippen LogP contribution in [0.15, 0.2) is 28.9 Å². The van der Waals surface area contributed by atoms with Crippen molar-refractivity contribution in [2.24, 2.45) is 0 Å². The van der Waals surface area contributed by atoms with Crippen molar-refractivity contribution in [3.8, 4) is 11.6 Å². The smallest absolute Gasteiger partial charge is 0.221 e. The maximum atomic E-state index is 5.83. The molecule has 0 unspecified atom stereocenters. The fraction of sp³-hybridized carbons (Fsp3) is 0.100. The molecule has 0 fully saturated rings. The Balaban J connectivity index is 2.32. The molecule has 0 bridgehead atoms. The third-order valence-corrected chi connectivity index (χ3v) is 2.50. The Labute approximate surface area is 95.7 Å². The summed E-state index contributed by atoms with van der Waals surface area (Å²) in [6, 6.07) is 5.29. The average molecular weight is 235 g/mol. The van der Waals surface area contributed by atoms with Crippen LogP contribution in [0.1, 0.15) is 5.56 Å². The van der Waals surface area contributed by atoms with Gasteiger partial charge in [-0.2, -0.15) is 9.61 Å². The molecule has 3 aromatic rings. The standard InChI is InChI=1S/C10H7ClN4O/c1-6-4-5-16-9(6)10-13-12-8-3-2-7(11)14-15(8)10/h2-5H,1H3. The maximum Gasteiger partial charge on any atom is 0.221 e. The van der Waals surface area contributed by atoms with Gasteiger partial charge in [0.2, 0.25) is 5.82 Å². The molecule has 0 atom stereocenters. The van der Waals surface area contributed by atoms with E-state index in [1.54, 1.807) is 22.9 Å². The van der Waals surface area contributed by atoms with Gasteiger partial charge in [0, 0.05) is 0 Å². The summed E-state index contributed by atoms with van der Waals surface area (Å²) in [5.41, 5.74) is 1.62. The van der Waals surface area contributed by atoms with Crippen LogP contribution < -0.4 is 0 Å². The molecule has 6 heteroatoms. The van der Waals surface area contributed by atoms with E-state index < -0.39 is 0 Å². The van der Waals surface area contributed by atoms with Gasteiger partial charge in [-0.15, -0.1) is 10.2 Å². The van der Waals surface area contributed by atoms with Gasteiger partial charge >= 0.3 is 0 Å². The number of aryl methyl sites for hydroxylation is 1. The minimum atomic E-state index is 0.387. The Morgan fingerprint density at radius 2 is 2.12 bits per heavy atom. The van der Waals surface area contributed by atoms with E-state index in [9.17, 15) is 0 Å². The van der Waals surface area contributed by atoms with Crippen LogP contribution in [-0.4, -0.2) is 19.8 Å². The predicted octanol–water partition coefficient (Wildman–Crippen LogP) is 2.35. The van der Waals surface area contributed by atoms with Crippen molar-refractivity contribution in [3.05, 3.63) is 35.2 Å². The average Bonchev–Trinajstić information content (AvgIpc) is 2.83. The zero-order chi connectivity index (χ0) is 11.1. The van der Waals surface area contributed by atoms with Crippen LogP contribution in [0.4, 0.5) is 0 Å². The lowest BCUT2D eigenvalue weighted by molar-refractivity contribution is 0.573. The van der Waals surface area contributed by atoms with Crippen molar-refractivity contribution in [2.45, 2.75) is 6.92 Å². The van der Waals surface area contributed by atoms with Crippen molar-refractivity contribution < 1.29 is 4.42 Å². The van der Waals surface area contributed by atoms with E-state index in [1.807, 2.05) is 13.0 Å². The molecule has 0 aromatic carbocycles. The molecular formula is C10H7ClN4O. The number of rotatable bonds is 1. The Morgan fingerprint density at radius 3 is 2.88 bits per heavy atom. The monoisotopic (exact) mass is 234 g/mol. The Bertz CT molecular complexity index is 658. The molecular weight excluding hydrogens is 228 g/mol. The van der Waals surface area contributed by atoms with E-state index in [-0.39, 0.29) is 0 Å². The molecule has 5 nitrogen and oxygen atoms in total. The molecule has 0 N–H and O–H groups in total. The van der Waals surface area contributed by atoms with Gasteiger partial charge in [-0.25, -0.2) is 0 Å². The summed E-state index contributed by atoms with van der Waals surface area (Å²) in [6.45, 7) is 1.93. The highest BCUT2D eigenvalue weighted by Crippen LogP contribution is 2.22. The molecule has 3 rings (SSSR count). The second kappa shape index (κ2) is 3.31. The van der Waals surface area contributed by atoms with Crippen LogP contribution >= 0.6 is 11.6 Å². The molecule has 0 aliphatic carbocycles. The predicted molar refractivity (Wildman–Crippen MR) is 58.2 cm³/mol. The molecule has 0 spiro atoms. The highest BCUT2D eigenvalue weighted by Gasteiger charge is 2.14. The van der Waals surface area contributed by atoms with Gasteiger partial charge in [0.1, 0.15) is 5.15 Å². The third kappa shape index (κ3) is 1.29. The number of aromatic nitrogens is 4. The van der Waals surface area contributed by atoms with Crippen molar-refractivity contribution in [1.82, 2.24) is 19.8 Å². The normalized spacial score (nSPS) is 11.1. The van der Waals surface area contributed by atoms with Crippen molar-refractivity contribution in [2.75, 3.05) is 0 Å². The van der Waals surface area contributed by atoms with Gasteiger partial charge in [0.25, 0.3) is 0 Å². The number of furan rings is 1. The summed E-state index contributed by atoms with van der Waals surface area (Å²) in [4.78, 5) is 0. The number of hydrogen-bond donors (Lipinski definition) is 0. The van der Waals surface area contributed by atoms with Crippen LogP contribution in [0.25, 0.3) is 17.2 Å². The first-order valence-electron chi connectivity index (χ1n) is 4.68. The molecule has 0 aliphatic heterocycles. The Morgan fingerprint density at radius 1 is 1.25 bits per heavy atom. The number of fused-ring (bicyclic) bond motifs is 1. The zero-order valence-electron chi connectivity index (χ0n) is 8.38. The summed E-state index contributed by atoms with van der Waals surface area (Å²) in [7, 11) is 0. The quantitative estimate of drug-likeness (QED) is 0.649. The van der Waals surface area contributed by atoms with E-state index in [4.69, 9.17) is 16.0 Å². The largest absolute Gasteiger partial charge is 0.461 e. The van der Waals surface area contributed by atoms with E-state index >= 15 is 0 Å². The first kappa shape index (κ1) is 9.35. The summed E-state index contributed by atoms with van der Waals surface area (Å²) < 4.78 is 6.91.